The van der Waals surface area contributed by atoms with Crippen molar-refractivity contribution in [3.63, 3.8) is 0 Å². The summed E-state index contributed by atoms with van der Waals surface area (Å²) in [5, 5.41) is 2.69. The van der Waals surface area contributed by atoms with Crippen LogP contribution in [0.1, 0.15) is 29.0 Å². The Morgan fingerprint density at radius 2 is 2.15 bits per heavy atom. The van der Waals surface area contributed by atoms with Gasteiger partial charge in [-0.25, -0.2) is 4.39 Å². The molecule has 1 aromatic carbocycles. The van der Waals surface area contributed by atoms with E-state index in [1.54, 1.807) is 12.1 Å². The van der Waals surface area contributed by atoms with E-state index < -0.39 is 17.8 Å². The van der Waals surface area contributed by atoms with Crippen molar-refractivity contribution in [3.8, 4) is 0 Å². The zero-order chi connectivity index (χ0) is 19.0. The molecular formula is C19H18FN3O4. The van der Waals surface area contributed by atoms with Crippen LogP contribution in [-0.2, 0) is 16.1 Å². The number of carbonyl (C=O) groups excluding carboxylic acids is 3. The minimum absolute atomic E-state index is 0.103. The highest BCUT2D eigenvalue weighted by molar-refractivity contribution is 6.12. The van der Waals surface area contributed by atoms with Crippen LogP contribution in [-0.4, -0.2) is 41.8 Å². The van der Waals surface area contributed by atoms with E-state index in [2.05, 4.69) is 5.32 Å². The van der Waals surface area contributed by atoms with Gasteiger partial charge in [0.05, 0.1) is 24.1 Å². The van der Waals surface area contributed by atoms with Crippen LogP contribution < -0.4 is 10.2 Å². The normalized spacial score (nSPS) is 18.9. The topological polar surface area (TPSA) is 82.9 Å². The summed E-state index contributed by atoms with van der Waals surface area (Å²) in [6.07, 6.45) is 2.74. The molecule has 0 aliphatic carbocycles. The molecule has 0 spiro atoms. The van der Waals surface area contributed by atoms with Gasteiger partial charge in [0.25, 0.3) is 5.91 Å². The van der Waals surface area contributed by atoms with Crippen molar-refractivity contribution in [1.82, 2.24) is 10.2 Å². The number of amides is 3. The van der Waals surface area contributed by atoms with E-state index in [-0.39, 0.29) is 36.2 Å². The highest BCUT2D eigenvalue weighted by Crippen LogP contribution is 2.32. The lowest BCUT2D eigenvalue weighted by atomic mass is 10.1. The minimum atomic E-state index is -0.620. The van der Waals surface area contributed by atoms with Crippen LogP contribution >= 0.6 is 0 Å². The van der Waals surface area contributed by atoms with Crippen LogP contribution in [0, 0.1) is 5.82 Å². The molecule has 0 unspecified atom stereocenters. The van der Waals surface area contributed by atoms with Crippen LogP contribution in [0.2, 0.25) is 0 Å². The Morgan fingerprint density at radius 3 is 2.93 bits per heavy atom. The zero-order valence-corrected chi connectivity index (χ0v) is 14.5. The molecule has 3 heterocycles. The molecule has 8 heteroatoms. The van der Waals surface area contributed by atoms with Crippen LogP contribution in [0.3, 0.4) is 0 Å². The average molecular weight is 371 g/mol. The summed E-state index contributed by atoms with van der Waals surface area (Å²) < 4.78 is 18.9. The lowest BCUT2D eigenvalue weighted by molar-refractivity contribution is -0.125. The molecule has 140 valence electrons. The average Bonchev–Trinajstić information content (AvgIpc) is 3.33. The summed E-state index contributed by atoms with van der Waals surface area (Å²) in [5.41, 5.74) is 0.362. The highest BCUT2D eigenvalue weighted by Gasteiger charge is 2.42. The van der Waals surface area contributed by atoms with Gasteiger partial charge in [0.2, 0.25) is 11.8 Å². The number of hydrogen-bond donors (Lipinski definition) is 1. The van der Waals surface area contributed by atoms with Gasteiger partial charge in [-0.15, -0.1) is 0 Å². The first-order chi connectivity index (χ1) is 13.0. The van der Waals surface area contributed by atoms with Crippen LogP contribution in [0.4, 0.5) is 10.1 Å². The number of rotatable bonds is 4. The van der Waals surface area contributed by atoms with Crippen LogP contribution in [0.25, 0.3) is 0 Å². The molecule has 7 nitrogen and oxygen atoms in total. The molecule has 2 aliphatic heterocycles. The number of nitrogens with one attached hydrogen (secondary N) is 1. The Bertz CT molecular complexity index is 896. The first-order valence-electron chi connectivity index (χ1n) is 8.75. The second kappa shape index (κ2) is 6.86. The van der Waals surface area contributed by atoms with E-state index >= 15 is 0 Å². The van der Waals surface area contributed by atoms with Gasteiger partial charge >= 0.3 is 0 Å². The molecule has 2 aliphatic rings. The second-order valence-corrected chi connectivity index (χ2v) is 6.60. The van der Waals surface area contributed by atoms with Gasteiger partial charge in [0, 0.05) is 6.54 Å². The summed E-state index contributed by atoms with van der Waals surface area (Å²) in [5.74, 6) is -1.06. The van der Waals surface area contributed by atoms with Crippen molar-refractivity contribution < 1.29 is 23.2 Å². The fourth-order valence-electron chi connectivity index (χ4n) is 3.60. The quantitative estimate of drug-likeness (QED) is 0.887. The van der Waals surface area contributed by atoms with E-state index in [1.807, 2.05) is 0 Å². The molecule has 1 atom stereocenters. The first-order valence-corrected chi connectivity index (χ1v) is 8.75. The SMILES string of the molecule is O=C(CN1C(=O)[C@H]2CCCN2C(=O)c2cc(F)ccc21)NCc1ccco1. The Hall–Kier alpha value is -3.16. The predicted molar refractivity (Wildman–Crippen MR) is 93.4 cm³/mol. The summed E-state index contributed by atoms with van der Waals surface area (Å²) in [6, 6.07) is 6.51. The highest BCUT2D eigenvalue weighted by atomic mass is 19.1. The first kappa shape index (κ1) is 17.3. The molecular weight excluding hydrogens is 353 g/mol. The molecule has 2 aromatic rings. The molecule has 4 rings (SSSR count). The molecule has 0 bridgehead atoms. The van der Waals surface area contributed by atoms with Crippen molar-refractivity contribution in [2.45, 2.75) is 25.4 Å². The number of carbonyl (C=O) groups is 3. The maximum atomic E-state index is 13.7. The Labute approximate surface area is 154 Å². The van der Waals surface area contributed by atoms with Crippen molar-refractivity contribution >= 4 is 23.4 Å². The molecule has 1 N–H and O–H groups in total. The summed E-state index contributed by atoms with van der Waals surface area (Å²) in [6.45, 7) is 0.387. The molecule has 1 saturated heterocycles. The summed E-state index contributed by atoms with van der Waals surface area (Å²) >= 11 is 0. The molecule has 1 aromatic heterocycles. The van der Waals surface area contributed by atoms with Crippen molar-refractivity contribution in [1.29, 1.82) is 0 Å². The Balaban J connectivity index is 1.61. The van der Waals surface area contributed by atoms with Crippen LogP contribution in [0.5, 0.6) is 0 Å². The van der Waals surface area contributed by atoms with Crippen molar-refractivity contribution in [2.24, 2.45) is 0 Å². The monoisotopic (exact) mass is 371 g/mol. The number of halogens is 1. The third-order valence-electron chi connectivity index (χ3n) is 4.89. The summed E-state index contributed by atoms with van der Waals surface area (Å²) in [7, 11) is 0. The van der Waals surface area contributed by atoms with Gasteiger partial charge in [-0.3, -0.25) is 14.4 Å². The maximum absolute atomic E-state index is 13.7. The standard InChI is InChI=1S/C19H18FN3O4/c20-12-5-6-15-14(9-12)18(25)22-7-1-4-16(22)19(26)23(15)11-17(24)21-10-13-3-2-8-27-13/h2-3,5-6,8-9,16H,1,4,7,10-11H2,(H,21,24)/t16-/m1/s1. The number of hydrogen-bond acceptors (Lipinski definition) is 4. The zero-order valence-electron chi connectivity index (χ0n) is 14.5. The van der Waals surface area contributed by atoms with Gasteiger partial charge in [-0.1, -0.05) is 0 Å². The predicted octanol–water partition coefficient (Wildman–Crippen LogP) is 1.69. The van der Waals surface area contributed by atoms with Gasteiger partial charge in [0.1, 0.15) is 24.2 Å². The largest absolute Gasteiger partial charge is 0.467 e. The van der Waals surface area contributed by atoms with Crippen molar-refractivity contribution in [3.05, 3.63) is 53.7 Å². The number of anilines is 1. The van der Waals surface area contributed by atoms with E-state index in [4.69, 9.17) is 4.42 Å². The molecule has 0 radical (unpaired) electrons. The fraction of sp³-hybridized carbons (Fsp3) is 0.316. The van der Waals surface area contributed by atoms with Gasteiger partial charge in [-0.2, -0.15) is 0 Å². The van der Waals surface area contributed by atoms with Gasteiger partial charge in [-0.05, 0) is 43.2 Å². The maximum Gasteiger partial charge on any atom is 0.256 e. The second-order valence-electron chi connectivity index (χ2n) is 6.60. The molecule has 1 fully saturated rings. The van der Waals surface area contributed by atoms with E-state index in [0.717, 1.165) is 6.07 Å². The van der Waals surface area contributed by atoms with E-state index in [0.29, 0.717) is 25.1 Å². The number of furan rings is 1. The number of fused-ring (bicyclic) bond motifs is 2. The molecule has 3 amide bonds. The third kappa shape index (κ3) is 3.18. The number of benzene rings is 1. The van der Waals surface area contributed by atoms with E-state index in [1.165, 1.54) is 28.2 Å². The van der Waals surface area contributed by atoms with Crippen molar-refractivity contribution in [2.75, 3.05) is 18.0 Å². The number of nitrogens with zero attached hydrogens (tertiary/aromatic N) is 2. The van der Waals surface area contributed by atoms with E-state index in [9.17, 15) is 18.8 Å². The Morgan fingerprint density at radius 1 is 1.30 bits per heavy atom. The fourth-order valence-corrected chi connectivity index (χ4v) is 3.60. The smallest absolute Gasteiger partial charge is 0.256 e. The Kier molecular flexibility index (Phi) is 4.39. The van der Waals surface area contributed by atoms with Gasteiger partial charge < -0.3 is 19.5 Å². The lowest BCUT2D eigenvalue weighted by Crippen LogP contribution is -2.48. The molecule has 27 heavy (non-hydrogen) atoms. The minimum Gasteiger partial charge on any atom is -0.467 e. The molecule has 0 saturated carbocycles. The lowest BCUT2D eigenvalue weighted by Gasteiger charge is -2.25. The van der Waals surface area contributed by atoms with Gasteiger partial charge in [0.15, 0.2) is 0 Å². The van der Waals surface area contributed by atoms with Crippen LogP contribution in [0.15, 0.2) is 41.0 Å². The summed E-state index contributed by atoms with van der Waals surface area (Å²) in [4.78, 5) is 41.0. The third-order valence-corrected chi connectivity index (χ3v) is 4.89.